The van der Waals surface area contributed by atoms with Crippen molar-refractivity contribution in [2.45, 2.75) is 19.8 Å². The van der Waals surface area contributed by atoms with Gasteiger partial charge in [0.15, 0.2) is 0 Å². The number of nitro groups is 1. The van der Waals surface area contributed by atoms with Crippen LogP contribution in [0.1, 0.15) is 18.4 Å². The van der Waals surface area contributed by atoms with Gasteiger partial charge in [-0.05, 0) is 31.7 Å². The molecule has 0 aromatic heterocycles. The van der Waals surface area contributed by atoms with Crippen molar-refractivity contribution in [2.75, 3.05) is 24.6 Å². The molecule has 1 aromatic rings. The van der Waals surface area contributed by atoms with E-state index in [4.69, 9.17) is 0 Å². The Kier molecular flexibility index (Phi) is 3.81. The number of anilines is 1. The highest BCUT2D eigenvalue weighted by Crippen LogP contribution is 2.31. The second-order valence-corrected chi connectivity index (χ2v) is 4.82. The average Bonchev–Trinajstić information content (AvgIpc) is 2.38. The Labute approximate surface area is 106 Å². The molecule has 18 heavy (non-hydrogen) atoms. The van der Waals surface area contributed by atoms with Gasteiger partial charge in [0.2, 0.25) is 0 Å². The summed E-state index contributed by atoms with van der Waals surface area (Å²) in [6.07, 6.45) is 2.05. The van der Waals surface area contributed by atoms with E-state index in [0.29, 0.717) is 5.56 Å². The van der Waals surface area contributed by atoms with Crippen LogP contribution in [0, 0.1) is 23.0 Å². The van der Waals surface area contributed by atoms with Crippen molar-refractivity contribution in [3.63, 3.8) is 0 Å². The van der Waals surface area contributed by atoms with Crippen molar-refractivity contribution in [1.82, 2.24) is 0 Å². The molecule has 2 rings (SSSR count). The van der Waals surface area contributed by atoms with E-state index in [0.717, 1.165) is 31.6 Å². The Morgan fingerprint density at radius 1 is 1.56 bits per heavy atom. The van der Waals surface area contributed by atoms with Crippen LogP contribution in [0.5, 0.6) is 0 Å². The first-order valence-electron chi connectivity index (χ1n) is 6.23. The summed E-state index contributed by atoms with van der Waals surface area (Å²) >= 11 is 0. The lowest BCUT2D eigenvalue weighted by molar-refractivity contribution is -0.385. The summed E-state index contributed by atoms with van der Waals surface area (Å²) < 4.78 is 0. The number of benzene rings is 1. The molecule has 1 aromatic carbocycles. The van der Waals surface area contributed by atoms with E-state index in [1.807, 2.05) is 6.07 Å². The Morgan fingerprint density at radius 2 is 2.33 bits per heavy atom. The predicted octanol–water partition coefficient (Wildman–Crippen LogP) is 2.11. The van der Waals surface area contributed by atoms with E-state index in [9.17, 15) is 15.2 Å². The van der Waals surface area contributed by atoms with Gasteiger partial charge in [-0.15, -0.1) is 0 Å². The van der Waals surface area contributed by atoms with E-state index >= 15 is 0 Å². The molecule has 1 N–H and O–H groups in total. The molecular formula is C13H18N2O3. The van der Waals surface area contributed by atoms with E-state index in [-0.39, 0.29) is 23.1 Å². The lowest BCUT2D eigenvalue weighted by Crippen LogP contribution is -2.37. The van der Waals surface area contributed by atoms with Crippen LogP contribution in [-0.2, 0) is 0 Å². The van der Waals surface area contributed by atoms with Gasteiger partial charge in [-0.25, -0.2) is 0 Å². The highest BCUT2D eigenvalue weighted by molar-refractivity contribution is 5.61. The molecule has 1 unspecified atom stereocenters. The number of nitro benzene ring substituents is 1. The van der Waals surface area contributed by atoms with Crippen molar-refractivity contribution in [3.8, 4) is 0 Å². The minimum atomic E-state index is -0.341. The van der Waals surface area contributed by atoms with Crippen molar-refractivity contribution >= 4 is 11.4 Å². The average molecular weight is 250 g/mol. The third-order valence-electron chi connectivity index (χ3n) is 3.59. The molecule has 0 aliphatic carbocycles. The van der Waals surface area contributed by atoms with Gasteiger partial charge < -0.3 is 10.0 Å². The summed E-state index contributed by atoms with van der Waals surface area (Å²) in [4.78, 5) is 12.7. The summed E-state index contributed by atoms with van der Waals surface area (Å²) in [5, 5.41) is 20.2. The maximum Gasteiger partial charge on any atom is 0.274 e. The van der Waals surface area contributed by atoms with Crippen LogP contribution in [0.15, 0.2) is 18.2 Å². The fourth-order valence-corrected chi connectivity index (χ4v) is 2.58. The van der Waals surface area contributed by atoms with Crippen LogP contribution in [0.3, 0.4) is 0 Å². The minimum absolute atomic E-state index is 0.165. The van der Waals surface area contributed by atoms with Crippen LogP contribution >= 0.6 is 0 Å². The lowest BCUT2D eigenvalue weighted by Gasteiger charge is -2.34. The van der Waals surface area contributed by atoms with Gasteiger partial charge in [0.1, 0.15) is 0 Å². The van der Waals surface area contributed by atoms with E-state index in [1.165, 1.54) is 6.07 Å². The number of aliphatic hydroxyl groups is 1. The zero-order chi connectivity index (χ0) is 13.1. The number of hydrogen-bond donors (Lipinski definition) is 1. The molecule has 1 aliphatic rings. The van der Waals surface area contributed by atoms with E-state index in [2.05, 4.69) is 4.90 Å². The molecule has 0 spiro atoms. The second kappa shape index (κ2) is 5.35. The van der Waals surface area contributed by atoms with Gasteiger partial charge in [0.05, 0.1) is 10.5 Å². The van der Waals surface area contributed by atoms with Crippen LogP contribution in [0.2, 0.25) is 0 Å². The summed E-state index contributed by atoms with van der Waals surface area (Å²) in [5.74, 6) is 0.275. The monoisotopic (exact) mass is 250 g/mol. The zero-order valence-electron chi connectivity index (χ0n) is 10.5. The van der Waals surface area contributed by atoms with E-state index in [1.54, 1.807) is 13.0 Å². The fourth-order valence-electron chi connectivity index (χ4n) is 2.58. The molecule has 5 heteroatoms. The van der Waals surface area contributed by atoms with Crippen LogP contribution in [-0.4, -0.2) is 29.7 Å². The van der Waals surface area contributed by atoms with Gasteiger partial charge in [-0.3, -0.25) is 10.1 Å². The smallest absolute Gasteiger partial charge is 0.274 e. The van der Waals surface area contributed by atoms with E-state index < -0.39 is 0 Å². The molecular weight excluding hydrogens is 232 g/mol. The molecule has 1 saturated heterocycles. The Morgan fingerprint density at radius 3 is 3.00 bits per heavy atom. The van der Waals surface area contributed by atoms with Crippen molar-refractivity contribution in [1.29, 1.82) is 0 Å². The Bertz CT molecular complexity index is 448. The summed E-state index contributed by atoms with van der Waals surface area (Å²) in [5.41, 5.74) is 1.79. The number of hydrogen-bond acceptors (Lipinski definition) is 4. The normalized spacial score (nSPS) is 19.9. The second-order valence-electron chi connectivity index (χ2n) is 4.82. The molecule has 0 bridgehead atoms. The van der Waals surface area contributed by atoms with Gasteiger partial charge in [-0.2, -0.15) is 0 Å². The van der Waals surface area contributed by atoms with Gasteiger partial charge in [0.25, 0.3) is 5.69 Å². The molecule has 98 valence electrons. The van der Waals surface area contributed by atoms with Crippen molar-refractivity contribution in [3.05, 3.63) is 33.9 Å². The van der Waals surface area contributed by atoms with Gasteiger partial charge >= 0.3 is 0 Å². The third kappa shape index (κ3) is 2.46. The predicted molar refractivity (Wildman–Crippen MR) is 69.9 cm³/mol. The third-order valence-corrected chi connectivity index (χ3v) is 3.59. The van der Waals surface area contributed by atoms with Gasteiger partial charge in [-0.1, -0.05) is 6.07 Å². The Balaban J connectivity index is 2.27. The number of nitrogens with zero attached hydrogens (tertiary/aromatic N) is 2. The first-order chi connectivity index (χ1) is 8.63. The molecule has 0 amide bonds. The first-order valence-corrected chi connectivity index (χ1v) is 6.23. The molecule has 0 saturated carbocycles. The standard InChI is InChI=1S/C13H18N2O3/c1-10-12(5-2-6-13(10)15(17)18)14-7-3-4-11(8-14)9-16/h2,5-6,11,16H,3-4,7-9H2,1H3. The summed E-state index contributed by atoms with van der Waals surface area (Å²) in [6, 6.07) is 5.18. The quantitative estimate of drug-likeness (QED) is 0.659. The van der Waals surface area contributed by atoms with Crippen LogP contribution in [0.25, 0.3) is 0 Å². The highest BCUT2D eigenvalue weighted by Gasteiger charge is 2.23. The summed E-state index contributed by atoms with van der Waals surface area (Å²) in [6.45, 7) is 3.65. The zero-order valence-corrected chi connectivity index (χ0v) is 10.5. The van der Waals surface area contributed by atoms with Crippen LogP contribution in [0.4, 0.5) is 11.4 Å². The molecule has 1 atom stereocenters. The van der Waals surface area contributed by atoms with Crippen molar-refractivity contribution in [2.24, 2.45) is 5.92 Å². The topological polar surface area (TPSA) is 66.6 Å². The SMILES string of the molecule is Cc1c(N2CCCC(CO)C2)cccc1[N+](=O)[O-]. The van der Waals surface area contributed by atoms with Gasteiger partial charge in [0, 0.05) is 31.5 Å². The molecule has 5 nitrogen and oxygen atoms in total. The molecule has 1 heterocycles. The van der Waals surface area contributed by atoms with Crippen LogP contribution < -0.4 is 4.90 Å². The largest absolute Gasteiger partial charge is 0.396 e. The molecule has 1 fully saturated rings. The maximum atomic E-state index is 10.9. The summed E-state index contributed by atoms with van der Waals surface area (Å²) in [7, 11) is 0. The number of rotatable bonds is 3. The minimum Gasteiger partial charge on any atom is -0.396 e. The molecule has 0 radical (unpaired) electrons. The first kappa shape index (κ1) is 12.8. The highest BCUT2D eigenvalue weighted by atomic mass is 16.6. The molecule has 1 aliphatic heterocycles. The fraction of sp³-hybridized carbons (Fsp3) is 0.538. The van der Waals surface area contributed by atoms with Crippen molar-refractivity contribution < 1.29 is 10.0 Å². The number of aliphatic hydroxyl groups excluding tert-OH is 1. The maximum absolute atomic E-state index is 10.9. The lowest BCUT2D eigenvalue weighted by atomic mass is 9.97. The Hall–Kier alpha value is -1.62. The number of piperidine rings is 1.